The fraction of sp³-hybridized carbons (Fsp3) is 0.161. The number of benzene rings is 3. The van der Waals surface area contributed by atoms with Crippen molar-refractivity contribution in [3.8, 4) is 0 Å². The maximum absolute atomic E-state index is 13.0. The van der Waals surface area contributed by atoms with Crippen molar-refractivity contribution < 1.29 is 9.59 Å². The summed E-state index contributed by atoms with van der Waals surface area (Å²) in [5.74, 6) is 1.20. The third kappa shape index (κ3) is 4.45. The molecule has 5 aromatic rings. The molecule has 3 aromatic carbocycles. The number of ketones is 2. The molecule has 3 heterocycles. The van der Waals surface area contributed by atoms with Crippen LogP contribution in [0, 0.1) is 0 Å². The molecule has 0 spiro atoms. The lowest BCUT2D eigenvalue weighted by molar-refractivity contribution is 0.103. The second-order valence-electron chi connectivity index (χ2n) is 9.35. The average Bonchev–Trinajstić information content (AvgIpc) is 3.70. The molecular formula is C31H26N2O2S3. The van der Waals surface area contributed by atoms with E-state index in [1.54, 1.807) is 34.4 Å². The zero-order valence-electron chi connectivity index (χ0n) is 20.7. The van der Waals surface area contributed by atoms with Gasteiger partial charge in [0.25, 0.3) is 0 Å². The Labute approximate surface area is 233 Å². The van der Waals surface area contributed by atoms with Crippen molar-refractivity contribution in [3.05, 3.63) is 111 Å². The first-order chi connectivity index (χ1) is 18.5. The third-order valence-corrected chi connectivity index (χ3v) is 10.6. The number of carbonyl (C=O) groups excluding carboxylic acids is 2. The Morgan fingerprint density at radius 3 is 2.24 bits per heavy atom. The summed E-state index contributed by atoms with van der Waals surface area (Å²) in [6.07, 6.45) is 4.14. The van der Waals surface area contributed by atoms with Crippen LogP contribution in [0.2, 0.25) is 0 Å². The number of hydrogen-bond acceptors (Lipinski definition) is 7. The van der Waals surface area contributed by atoms with E-state index in [9.17, 15) is 9.59 Å². The van der Waals surface area contributed by atoms with Crippen LogP contribution in [-0.2, 0) is 19.3 Å². The summed E-state index contributed by atoms with van der Waals surface area (Å²) >= 11 is 4.94. The van der Waals surface area contributed by atoms with E-state index in [4.69, 9.17) is 11.5 Å². The number of thiophene rings is 2. The summed E-state index contributed by atoms with van der Waals surface area (Å²) in [6, 6.07) is 23.2. The van der Waals surface area contributed by atoms with E-state index in [2.05, 4.69) is 0 Å². The second kappa shape index (κ2) is 10.4. The Morgan fingerprint density at radius 1 is 0.684 bits per heavy atom. The van der Waals surface area contributed by atoms with E-state index in [1.807, 2.05) is 72.8 Å². The molecule has 0 fully saturated rings. The van der Waals surface area contributed by atoms with Gasteiger partial charge in [0.2, 0.25) is 0 Å². The summed E-state index contributed by atoms with van der Waals surface area (Å²) in [7, 11) is 0. The van der Waals surface area contributed by atoms with Crippen molar-refractivity contribution in [1.82, 2.24) is 0 Å². The second-order valence-corrected chi connectivity index (χ2v) is 12.9. The first-order valence-electron chi connectivity index (χ1n) is 12.6. The summed E-state index contributed by atoms with van der Waals surface area (Å²) in [6.45, 7) is 0. The molecule has 1 aliphatic carbocycles. The molecule has 2 aromatic heterocycles. The zero-order valence-corrected chi connectivity index (χ0v) is 23.1. The van der Waals surface area contributed by atoms with Gasteiger partial charge in [-0.2, -0.15) is 0 Å². The number of nitrogen functional groups attached to an aromatic ring is 2. The highest BCUT2D eigenvalue weighted by molar-refractivity contribution is 8.01. The van der Waals surface area contributed by atoms with E-state index in [0.717, 1.165) is 70.0 Å². The van der Waals surface area contributed by atoms with Crippen molar-refractivity contribution in [3.63, 3.8) is 0 Å². The summed E-state index contributed by atoms with van der Waals surface area (Å²) < 4.78 is 1.22. The molecule has 0 radical (unpaired) electrons. The Balaban J connectivity index is 0.000000142. The van der Waals surface area contributed by atoms with Crippen LogP contribution >= 0.6 is 34.4 Å². The van der Waals surface area contributed by atoms with Crippen molar-refractivity contribution >= 4 is 66.8 Å². The van der Waals surface area contributed by atoms with Crippen LogP contribution in [-0.4, -0.2) is 17.3 Å². The number of fused-ring (bicyclic) bond motifs is 3. The number of rotatable bonds is 4. The van der Waals surface area contributed by atoms with Gasteiger partial charge in [-0.3, -0.25) is 9.59 Å². The highest BCUT2D eigenvalue weighted by Crippen LogP contribution is 2.44. The topological polar surface area (TPSA) is 86.2 Å². The number of anilines is 2. The van der Waals surface area contributed by atoms with Gasteiger partial charge >= 0.3 is 0 Å². The number of carbonyl (C=O) groups is 2. The van der Waals surface area contributed by atoms with Crippen LogP contribution in [0.5, 0.6) is 0 Å². The Bertz CT molecular complexity index is 1680. The minimum atomic E-state index is 0.0584. The molecule has 7 rings (SSSR count). The molecular weight excluding hydrogens is 529 g/mol. The Morgan fingerprint density at radius 2 is 1.39 bits per heavy atom. The van der Waals surface area contributed by atoms with Gasteiger partial charge in [-0.25, -0.2) is 0 Å². The third-order valence-electron chi connectivity index (χ3n) is 7.06. The van der Waals surface area contributed by atoms with Crippen LogP contribution in [0.4, 0.5) is 10.0 Å². The Kier molecular flexibility index (Phi) is 6.82. The molecule has 1 aliphatic heterocycles. The van der Waals surface area contributed by atoms with Gasteiger partial charge in [0.15, 0.2) is 11.6 Å². The number of thioether (sulfide) groups is 1. The standard InChI is InChI=1S/C18H15NOS.C13H11NOS2/c19-18-16(14-9-4-10-15(14)21-18)17(20)13-8-3-6-11-5-1-2-7-12(11)13;14-12-10(9-6-7-16-13(9)17-12)11(15)8-4-2-1-3-5-8/h1-3,5-8H,4,9-10,19H2;1-5H,6-7,14H2. The minimum Gasteiger partial charge on any atom is -0.390 e. The van der Waals surface area contributed by atoms with Crippen LogP contribution in [0.3, 0.4) is 0 Å². The van der Waals surface area contributed by atoms with Crippen molar-refractivity contribution in [2.45, 2.75) is 29.9 Å². The van der Waals surface area contributed by atoms with Crippen molar-refractivity contribution in [1.29, 1.82) is 0 Å². The van der Waals surface area contributed by atoms with Crippen molar-refractivity contribution in [2.75, 3.05) is 17.2 Å². The largest absolute Gasteiger partial charge is 0.390 e. The molecule has 0 amide bonds. The SMILES string of the molecule is Nc1sc2c(c1C(=O)c1cccc3ccccc13)CCC2.Nc1sc2c(c1C(=O)c1ccccc1)CCS2. The molecule has 0 unspecified atom stereocenters. The zero-order chi connectivity index (χ0) is 26.2. The smallest absolute Gasteiger partial charge is 0.196 e. The van der Waals surface area contributed by atoms with Gasteiger partial charge in [0.1, 0.15) is 0 Å². The molecule has 0 bridgehead atoms. The highest BCUT2D eigenvalue weighted by Gasteiger charge is 2.27. The van der Waals surface area contributed by atoms with E-state index < -0.39 is 0 Å². The van der Waals surface area contributed by atoms with Crippen LogP contribution in [0.15, 0.2) is 77.0 Å². The van der Waals surface area contributed by atoms with Gasteiger partial charge in [0, 0.05) is 21.8 Å². The first kappa shape index (κ1) is 24.9. The summed E-state index contributed by atoms with van der Waals surface area (Å²) in [5, 5.41) is 3.44. The van der Waals surface area contributed by atoms with E-state index in [-0.39, 0.29) is 11.6 Å². The van der Waals surface area contributed by atoms with Gasteiger partial charge in [-0.1, -0.05) is 72.8 Å². The molecule has 2 aliphatic rings. The maximum atomic E-state index is 13.0. The molecule has 7 heteroatoms. The number of nitrogens with two attached hydrogens (primary N) is 2. The van der Waals surface area contributed by atoms with Crippen LogP contribution in [0.1, 0.15) is 54.3 Å². The number of aryl methyl sites for hydroxylation is 1. The normalized spacial score (nSPS) is 13.6. The lowest BCUT2D eigenvalue weighted by atomic mass is 9.95. The molecule has 0 saturated carbocycles. The monoisotopic (exact) mass is 554 g/mol. The van der Waals surface area contributed by atoms with Crippen LogP contribution < -0.4 is 11.5 Å². The lowest BCUT2D eigenvalue weighted by Crippen LogP contribution is -2.06. The lowest BCUT2D eigenvalue weighted by Gasteiger charge is -2.07. The summed E-state index contributed by atoms with van der Waals surface area (Å²) in [4.78, 5) is 26.7. The van der Waals surface area contributed by atoms with E-state index in [1.165, 1.54) is 14.6 Å². The van der Waals surface area contributed by atoms with E-state index >= 15 is 0 Å². The highest BCUT2D eigenvalue weighted by atomic mass is 32.2. The summed E-state index contributed by atoms with van der Waals surface area (Å²) in [5.41, 5.74) is 17.4. The van der Waals surface area contributed by atoms with Gasteiger partial charge < -0.3 is 11.5 Å². The predicted molar refractivity (Wildman–Crippen MR) is 161 cm³/mol. The fourth-order valence-electron chi connectivity index (χ4n) is 5.27. The molecule has 0 saturated heterocycles. The fourth-order valence-corrected chi connectivity index (χ4v) is 8.90. The predicted octanol–water partition coefficient (Wildman–Crippen LogP) is 7.41. The average molecular weight is 555 g/mol. The van der Waals surface area contributed by atoms with Gasteiger partial charge in [0.05, 0.1) is 25.3 Å². The molecule has 0 atom stereocenters. The van der Waals surface area contributed by atoms with E-state index in [0.29, 0.717) is 10.0 Å². The quantitative estimate of drug-likeness (QED) is 0.226. The van der Waals surface area contributed by atoms with Crippen molar-refractivity contribution in [2.24, 2.45) is 0 Å². The number of hydrogen-bond donors (Lipinski definition) is 2. The van der Waals surface area contributed by atoms with Gasteiger partial charge in [-0.15, -0.1) is 34.4 Å². The molecule has 38 heavy (non-hydrogen) atoms. The minimum absolute atomic E-state index is 0.0584. The van der Waals surface area contributed by atoms with Crippen LogP contribution in [0.25, 0.3) is 10.8 Å². The first-order valence-corrected chi connectivity index (χ1v) is 15.2. The maximum Gasteiger partial charge on any atom is 0.196 e. The molecule has 190 valence electrons. The van der Waals surface area contributed by atoms with Gasteiger partial charge in [-0.05, 0) is 47.6 Å². The molecule has 4 nitrogen and oxygen atoms in total. The Hall–Kier alpha value is -3.39. The molecule has 4 N–H and O–H groups in total.